The predicted octanol–water partition coefficient (Wildman–Crippen LogP) is 3.55. The second-order valence-corrected chi connectivity index (χ2v) is 4.26. The zero-order valence-corrected chi connectivity index (χ0v) is 10.4. The van der Waals surface area contributed by atoms with Crippen LogP contribution in [0, 0.1) is 6.92 Å². The maximum absolute atomic E-state index is 5.18. The van der Waals surface area contributed by atoms with Crippen LogP contribution in [-0.2, 0) is 0 Å². The van der Waals surface area contributed by atoms with Gasteiger partial charge in [-0.2, -0.15) is 0 Å². The fourth-order valence-electron chi connectivity index (χ4n) is 2.33. The molecule has 0 unspecified atom stereocenters. The first-order valence-electron chi connectivity index (χ1n) is 5.87. The van der Waals surface area contributed by atoms with E-state index in [1.54, 1.807) is 13.3 Å². The number of H-pyrrole nitrogens is 1. The summed E-state index contributed by atoms with van der Waals surface area (Å²) >= 11 is 0. The van der Waals surface area contributed by atoms with Crippen molar-refractivity contribution >= 4 is 10.9 Å². The van der Waals surface area contributed by atoms with Crippen LogP contribution in [0.25, 0.3) is 22.0 Å². The quantitative estimate of drug-likeness (QED) is 0.741. The zero-order chi connectivity index (χ0) is 12.5. The number of pyridine rings is 1. The molecule has 0 atom stereocenters. The highest BCUT2D eigenvalue weighted by atomic mass is 16.5. The molecule has 18 heavy (non-hydrogen) atoms. The van der Waals surface area contributed by atoms with Gasteiger partial charge in [0.05, 0.1) is 7.11 Å². The lowest BCUT2D eigenvalue weighted by atomic mass is 10.0. The molecule has 1 N–H and O–H groups in total. The van der Waals surface area contributed by atoms with Crippen molar-refractivity contribution in [2.45, 2.75) is 6.92 Å². The number of nitrogens with one attached hydrogen (secondary N) is 1. The molecule has 1 aromatic carbocycles. The summed E-state index contributed by atoms with van der Waals surface area (Å²) < 4.78 is 5.18. The average Bonchev–Trinajstić information content (AvgIpc) is 2.74. The summed E-state index contributed by atoms with van der Waals surface area (Å²) in [7, 11) is 1.63. The molecule has 0 fully saturated rings. The van der Waals surface area contributed by atoms with Crippen LogP contribution >= 0.6 is 0 Å². The minimum Gasteiger partial charge on any atom is -0.481 e. The zero-order valence-electron chi connectivity index (χ0n) is 10.4. The van der Waals surface area contributed by atoms with Crippen LogP contribution in [0.1, 0.15) is 5.69 Å². The Bertz CT molecular complexity index is 701. The molecule has 0 aliphatic heterocycles. The van der Waals surface area contributed by atoms with Gasteiger partial charge in [0.25, 0.3) is 0 Å². The Morgan fingerprint density at radius 1 is 1.17 bits per heavy atom. The van der Waals surface area contributed by atoms with Crippen LogP contribution in [0.3, 0.4) is 0 Å². The standard InChI is InChI=1S/C15H14N2O/c1-10-15(11-7-8-16-14(9-11)18-2)12-5-3-4-6-13(12)17-10/h3-9,17H,1-2H3. The van der Waals surface area contributed by atoms with Crippen molar-refractivity contribution in [2.75, 3.05) is 7.11 Å². The van der Waals surface area contributed by atoms with E-state index in [-0.39, 0.29) is 0 Å². The Hall–Kier alpha value is -2.29. The third-order valence-corrected chi connectivity index (χ3v) is 3.13. The molecule has 0 spiro atoms. The molecular weight excluding hydrogens is 224 g/mol. The number of para-hydroxylation sites is 1. The van der Waals surface area contributed by atoms with E-state index in [0.717, 1.165) is 16.8 Å². The Balaban J connectivity index is 2.27. The van der Waals surface area contributed by atoms with Crippen LogP contribution in [0.5, 0.6) is 5.88 Å². The summed E-state index contributed by atoms with van der Waals surface area (Å²) in [6.07, 6.45) is 1.77. The highest BCUT2D eigenvalue weighted by molar-refractivity contribution is 5.97. The van der Waals surface area contributed by atoms with E-state index in [0.29, 0.717) is 5.88 Å². The van der Waals surface area contributed by atoms with Gasteiger partial charge in [-0.3, -0.25) is 0 Å². The van der Waals surface area contributed by atoms with Gasteiger partial charge in [0.2, 0.25) is 5.88 Å². The van der Waals surface area contributed by atoms with Crippen molar-refractivity contribution in [2.24, 2.45) is 0 Å². The number of methoxy groups -OCH3 is 1. The van der Waals surface area contributed by atoms with Crippen molar-refractivity contribution in [1.82, 2.24) is 9.97 Å². The summed E-state index contributed by atoms with van der Waals surface area (Å²) in [5, 5.41) is 1.23. The van der Waals surface area contributed by atoms with Gasteiger partial charge in [0.1, 0.15) is 0 Å². The molecular formula is C15H14N2O. The monoisotopic (exact) mass is 238 g/mol. The number of nitrogens with zero attached hydrogens (tertiary/aromatic N) is 1. The molecule has 2 aromatic heterocycles. The normalized spacial score (nSPS) is 10.8. The molecule has 90 valence electrons. The van der Waals surface area contributed by atoms with Crippen molar-refractivity contribution < 1.29 is 4.74 Å². The molecule has 2 heterocycles. The number of ether oxygens (including phenoxy) is 1. The van der Waals surface area contributed by atoms with Crippen LogP contribution < -0.4 is 4.74 Å². The maximum Gasteiger partial charge on any atom is 0.213 e. The van der Waals surface area contributed by atoms with E-state index in [1.807, 2.05) is 18.2 Å². The topological polar surface area (TPSA) is 37.9 Å². The van der Waals surface area contributed by atoms with Crippen molar-refractivity contribution in [1.29, 1.82) is 0 Å². The largest absolute Gasteiger partial charge is 0.481 e. The van der Waals surface area contributed by atoms with Crippen LogP contribution in [0.4, 0.5) is 0 Å². The van der Waals surface area contributed by atoms with Gasteiger partial charge in [-0.05, 0) is 24.6 Å². The first-order chi connectivity index (χ1) is 8.79. The third-order valence-electron chi connectivity index (χ3n) is 3.13. The number of aromatic nitrogens is 2. The number of hydrogen-bond acceptors (Lipinski definition) is 2. The highest BCUT2D eigenvalue weighted by Gasteiger charge is 2.10. The number of hydrogen-bond donors (Lipinski definition) is 1. The van der Waals surface area contributed by atoms with Gasteiger partial charge >= 0.3 is 0 Å². The van der Waals surface area contributed by atoms with E-state index in [9.17, 15) is 0 Å². The first-order valence-corrected chi connectivity index (χ1v) is 5.87. The molecule has 0 bridgehead atoms. The van der Waals surface area contributed by atoms with Gasteiger partial charge in [-0.1, -0.05) is 18.2 Å². The number of benzene rings is 1. The lowest BCUT2D eigenvalue weighted by Crippen LogP contribution is -1.88. The molecule has 0 saturated carbocycles. The van der Waals surface area contributed by atoms with Gasteiger partial charge in [0, 0.05) is 34.4 Å². The Kier molecular flexibility index (Phi) is 2.52. The molecule has 0 amide bonds. The molecule has 0 aliphatic carbocycles. The Morgan fingerprint density at radius 2 is 2.00 bits per heavy atom. The second kappa shape index (κ2) is 4.18. The molecule has 3 heteroatoms. The lowest BCUT2D eigenvalue weighted by Gasteiger charge is -2.04. The summed E-state index contributed by atoms with van der Waals surface area (Å²) in [5.41, 5.74) is 4.65. The minimum atomic E-state index is 0.636. The molecule has 0 radical (unpaired) electrons. The van der Waals surface area contributed by atoms with E-state index in [4.69, 9.17) is 4.74 Å². The van der Waals surface area contributed by atoms with Gasteiger partial charge in [-0.25, -0.2) is 4.98 Å². The Morgan fingerprint density at radius 3 is 2.83 bits per heavy atom. The molecule has 0 saturated heterocycles. The maximum atomic E-state index is 5.18. The van der Waals surface area contributed by atoms with Crippen molar-refractivity contribution in [3.05, 3.63) is 48.3 Å². The van der Waals surface area contributed by atoms with E-state index >= 15 is 0 Å². The van der Waals surface area contributed by atoms with Crippen molar-refractivity contribution in [3.63, 3.8) is 0 Å². The number of rotatable bonds is 2. The summed E-state index contributed by atoms with van der Waals surface area (Å²) in [6, 6.07) is 12.3. The van der Waals surface area contributed by atoms with Crippen LogP contribution in [0.15, 0.2) is 42.6 Å². The van der Waals surface area contributed by atoms with Crippen molar-refractivity contribution in [3.8, 4) is 17.0 Å². The number of fused-ring (bicyclic) bond motifs is 1. The van der Waals surface area contributed by atoms with Gasteiger partial charge in [-0.15, -0.1) is 0 Å². The predicted molar refractivity (Wildman–Crippen MR) is 72.8 cm³/mol. The van der Waals surface area contributed by atoms with Crippen LogP contribution in [0.2, 0.25) is 0 Å². The van der Waals surface area contributed by atoms with E-state index in [2.05, 4.69) is 35.1 Å². The fourth-order valence-corrected chi connectivity index (χ4v) is 2.33. The highest BCUT2D eigenvalue weighted by Crippen LogP contribution is 2.32. The molecule has 0 aliphatic rings. The minimum absolute atomic E-state index is 0.636. The van der Waals surface area contributed by atoms with Crippen LogP contribution in [-0.4, -0.2) is 17.1 Å². The molecule has 3 nitrogen and oxygen atoms in total. The third kappa shape index (κ3) is 1.64. The summed E-state index contributed by atoms with van der Waals surface area (Å²) in [4.78, 5) is 7.55. The fraction of sp³-hybridized carbons (Fsp3) is 0.133. The van der Waals surface area contributed by atoms with Gasteiger partial charge in [0.15, 0.2) is 0 Å². The smallest absolute Gasteiger partial charge is 0.213 e. The summed E-state index contributed by atoms with van der Waals surface area (Å²) in [6.45, 7) is 2.09. The average molecular weight is 238 g/mol. The van der Waals surface area contributed by atoms with E-state index in [1.165, 1.54) is 10.9 Å². The number of aromatic amines is 1. The van der Waals surface area contributed by atoms with Gasteiger partial charge < -0.3 is 9.72 Å². The molecule has 3 aromatic rings. The second-order valence-electron chi connectivity index (χ2n) is 4.26. The number of aryl methyl sites for hydroxylation is 1. The SMILES string of the molecule is COc1cc(-c2c(C)[nH]c3ccccc23)ccn1. The summed E-state index contributed by atoms with van der Waals surface area (Å²) in [5.74, 6) is 0.636. The van der Waals surface area contributed by atoms with E-state index < -0.39 is 0 Å². The molecule has 3 rings (SSSR count). The Labute approximate surface area is 105 Å². The first kappa shape index (κ1) is 10.8. The lowest BCUT2D eigenvalue weighted by molar-refractivity contribution is 0.398.